The molecule has 0 bridgehead atoms. The zero-order valence-corrected chi connectivity index (χ0v) is 11.1. The molecule has 0 spiro atoms. The lowest BCUT2D eigenvalue weighted by Crippen LogP contribution is -2.04. The Balaban J connectivity index is 2.21. The van der Waals surface area contributed by atoms with Gasteiger partial charge in [0.2, 0.25) is 0 Å². The Hall–Kier alpha value is -2.49. The van der Waals surface area contributed by atoms with Crippen molar-refractivity contribution in [3.63, 3.8) is 0 Å². The van der Waals surface area contributed by atoms with E-state index < -0.39 is 0 Å². The Kier molecular flexibility index (Phi) is 4.03. The summed E-state index contributed by atoms with van der Waals surface area (Å²) in [7, 11) is 1.63. The first-order valence-electron chi connectivity index (χ1n) is 6.00. The van der Waals surface area contributed by atoms with Gasteiger partial charge in [-0.2, -0.15) is 5.10 Å². The van der Waals surface area contributed by atoms with Gasteiger partial charge in [0.1, 0.15) is 5.75 Å². The molecule has 98 valence electrons. The fourth-order valence-corrected chi connectivity index (χ4v) is 1.70. The van der Waals surface area contributed by atoms with Crippen molar-refractivity contribution in [1.29, 1.82) is 0 Å². The molecular weight excluding hydrogens is 238 g/mol. The second kappa shape index (κ2) is 5.91. The number of methoxy groups -OCH3 is 1. The fraction of sp³-hybridized carbons (Fsp3) is 0.133. The van der Waals surface area contributed by atoms with E-state index in [0.717, 1.165) is 22.7 Å². The number of nitrogens with two attached hydrogens (primary N) is 1. The van der Waals surface area contributed by atoms with Gasteiger partial charge in [-0.05, 0) is 37.3 Å². The number of para-hydroxylation sites is 1. The first-order chi connectivity index (χ1) is 9.20. The third-order valence-corrected chi connectivity index (χ3v) is 2.78. The van der Waals surface area contributed by atoms with Gasteiger partial charge in [0.05, 0.1) is 18.5 Å². The highest BCUT2D eigenvalue weighted by Gasteiger charge is 2.05. The summed E-state index contributed by atoms with van der Waals surface area (Å²) in [6.45, 7) is 1.90. The second-order valence-corrected chi connectivity index (χ2v) is 4.13. The van der Waals surface area contributed by atoms with Crippen molar-refractivity contribution >= 4 is 17.1 Å². The summed E-state index contributed by atoms with van der Waals surface area (Å²) < 4.78 is 5.19. The van der Waals surface area contributed by atoms with Crippen LogP contribution >= 0.6 is 0 Å². The lowest BCUT2D eigenvalue weighted by Gasteiger charge is -2.08. The Morgan fingerprint density at radius 3 is 2.58 bits per heavy atom. The van der Waals surface area contributed by atoms with Crippen LogP contribution in [0.15, 0.2) is 53.6 Å². The van der Waals surface area contributed by atoms with Crippen LogP contribution in [0.4, 0.5) is 11.4 Å². The molecule has 0 saturated heterocycles. The SMILES string of the molecule is COc1ccc(N)c(C(C)=NNc2ccccc2)c1. The first kappa shape index (κ1) is 13.0. The highest BCUT2D eigenvalue weighted by atomic mass is 16.5. The minimum atomic E-state index is 0.678. The fourth-order valence-electron chi connectivity index (χ4n) is 1.70. The maximum atomic E-state index is 5.95. The van der Waals surface area contributed by atoms with Crippen molar-refractivity contribution < 1.29 is 4.74 Å². The number of nitrogens with zero attached hydrogens (tertiary/aromatic N) is 1. The number of rotatable bonds is 4. The largest absolute Gasteiger partial charge is 0.497 e. The monoisotopic (exact) mass is 255 g/mol. The molecule has 0 aliphatic carbocycles. The number of ether oxygens (including phenoxy) is 1. The molecule has 0 atom stereocenters. The molecule has 3 N–H and O–H groups in total. The zero-order valence-electron chi connectivity index (χ0n) is 11.1. The van der Waals surface area contributed by atoms with Gasteiger partial charge < -0.3 is 10.5 Å². The maximum absolute atomic E-state index is 5.95. The topological polar surface area (TPSA) is 59.6 Å². The Morgan fingerprint density at radius 2 is 1.89 bits per heavy atom. The molecule has 0 aliphatic rings. The third kappa shape index (κ3) is 3.25. The van der Waals surface area contributed by atoms with Crippen molar-refractivity contribution in [2.24, 2.45) is 5.10 Å². The van der Waals surface area contributed by atoms with Crippen LogP contribution < -0.4 is 15.9 Å². The molecule has 0 unspecified atom stereocenters. The molecule has 4 nitrogen and oxygen atoms in total. The molecule has 2 aromatic rings. The van der Waals surface area contributed by atoms with Gasteiger partial charge in [-0.15, -0.1) is 0 Å². The van der Waals surface area contributed by atoms with Crippen LogP contribution in [0.1, 0.15) is 12.5 Å². The molecule has 2 aromatic carbocycles. The quantitative estimate of drug-likeness (QED) is 0.501. The number of benzene rings is 2. The summed E-state index contributed by atoms with van der Waals surface area (Å²) >= 11 is 0. The van der Waals surface area contributed by atoms with E-state index >= 15 is 0 Å². The highest BCUT2D eigenvalue weighted by molar-refractivity contribution is 6.03. The van der Waals surface area contributed by atoms with E-state index in [2.05, 4.69) is 10.5 Å². The number of nitrogen functional groups attached to an aromatic ring is 1. The summed E-state index contributed by atoms with van der Waals surface area (Å²) in [4.78, 5) is 0. The van der Waals surface area contributed by atoms with Crippen molar-refractivity contribution in [3.8, 4) is 5.75 Å². The Morgan fingerprint density at radius 1 is 1.16 bits per heavy atom. The van der Waals surface area contributed by atoms with Crippen LogP contribution in [0.2, 0.25) is 0 Å². The van der Waals surface area contributed by atoms with Crippen LogP contribution in [0.3, 0.4) is 0 Å². The normalized spacial score (nSPS) is 11.2. The van der Waals surface area contributed by atoms with Gasteiger partial charge in [-0.25, -0.2) is 0 Å². The summed E-state index contributed by atoms with van der Waals surface area (Å²) in [5.41, 5.74) is 12.2. The van der Waals surface area contributed by atoms with Gasteiger partial charge in [-0.3, -0.25) is 5.43 Å². The first-order valence-corrected chi connectivity index (χ1v) is 6.00. The summed E-state index contributed by atoms with van der Waals surface area (Å²) in [5, 5.41) is 4.33. The van der Waals surface area contributed by atoms with E-state index in [0.29, 0.717) is 5.69 Å². The summed E-state index contributed by atoms with van der Waals surface area (Å²) in [6, 6.07) is 15.3. The number of hydrazone groups is 1. The lowest BCUT2D eigenvalue weighted by atomic mass is 10.1. The van der Waals surface area contributed by atoms with Crippen molar-refractivity contribution in [3.05, 3.63) is 54.1 Å². The minimum absolute atomic E-state index is 0.678. The molecule has 19 heavy (non-hydrogen) atoms. The molecule has 0 heterocycles. The highest BCUT2D eigenvalue weighted by Crippen LogP contribution is 2.20. The van der Waals surface area contributed by atoms with Crippen molar-refractivity contribution in [1.82, 2.24) is 0 Å². The van der Waals surface area contributed by atoms with Crippen LogP contribution in [-0.2, 0) is 0 Å². The van der Waals surface area contributed by atoms with E-state index in [1.807, 2.05) is 55.5 Å². The number of anilines is 2. The molecule has 0 fully saturated rings. The molecule has 0 aliphatic heterocycles. The van der Waals surface area contributed by atoms with Crippen LogP contribution in [0, 0.1) is 0 Å². The lowest BCUT2D eigenvalue weighted by molar-refractivity contribution is 0.415. The van der Waals surface area contributed by atoms with Gasteiger partial charge in [0.25, 0.3) is 0 Å². The molecule has 0 amide bonds. The average molecular weight is 255 g/mol. The maximum Gasteiger partial charge on any atom is 0.119 e. The summed E-state index contributed by atoms with van der Waals surface area (Å²) in [6.07, 6.45) is 0. The number of nitrogens with one attached hydrogen (secondary N) is 1. The number of hydrogen-bond acceptors (Lipinski definition) is 4. The smallest absolute Gasteiger partial charge is 0.119 e. The van der Waals surface area contributed by atoms with E-state index in [4.69, 9.17) is 10.5 Å². The van der Waals surface area contributed by atoms with E-state index in [-0.39, 0.29) is 0 Å². The Bertz CT molecular complexity index is 579. The zero-order chi connectivity index (χ0) is 13.7. The van der Waals surface area contributed by atoms with Crippen LogP contribution in [0.25, 0.3) is 0 Å². The van der Waals surface area contributed by atoms with Gasteiger partial charge >= 0.3 is 0 Å². The van der Waals surface area contributed by atoms with Crippen molar-refractivity contribution in [2.75, 3.05) is 18.3 Å². The average Bonchev–Trinajstić information content (AvgIpc) is 2.46. The second-order valence-electron chi connectivity index (χ2n) is 4.13. The molecule has 0 saturated carbocycles. The molecule has 0 radical (unpaired) electrons. The predicted molar refractivity (Wildman–Crippen MR) is 79.7 cm³/mol. The number of hydrogen-bond donors (Lipinski definition) is 2. The van der Waals surface area contributed by atoms with Gasteiger partial charge in [0, 0.05) is 11.3 Å². The molecule has 4 heteroatoms. The molecule has 0 aromatic heterocycles. The van der Waals surface area contributed by atoms with Crippen LogP contribution in [0.5, 0.6) is 5.75 Å². The predicted octanol–water partition coefficient (Wildman–Crippen LogP) is 3.11. The van der Waals surface area contributed by atoms with E-state index in [9.17, 15) is 0 Å². The van der Waals surface area contributed by atoms with Crippen molar-refractivity contribution in [2.45, 2.75) is 6.92 Å². The Labute approximate surface area is 112 Å². The molecule has 2 rings (SSSR count). The third-order valence-electron chi connectivity index (χ3n) is 2.78. The van der Waals surface area contributed by atoms with E-state index in [1.54, 1.807) is 7.11 Å². The minimum Gasteiger partial charge on any atom is -0.497 e. The standard InChI is InChI=1S/C15H17N3O/c1-11(17-18-12-6-4-3-5-7-12)14-10-13(19-2)8-9-15(14)16/h3-10,18H,16H2,1-2H3. The molecular formula is C15H17N3O. The van der Waals surface area contributed by atoms with E-state index in [1.165, 1.54) is 0 Å². The van der Waals surface area contributed by atoms with Gasteiger partial charge in [-0.1, -0.05) is 18.2 Å². The van der Waals surface area contributed by atoms with Crippen LogP contribution in [-0.4, -0.2) is 12.8 Å². The van der Waals surface area contributed by atoms with Gasteiger partial charge in [0.15, 0.2) is 0 Å². The summed E-state index contributed by atoms with van der Waals surface area (Å²) in [5.74, 6) is 0.762.